The number of halogens is 1. The zero-order chi connectivity index (χ0) is 7.56. The summed E-state index contributed by atoms with van der Waals surface area (Å²) in [6.45, 7) is 1.97. The maximum atomic E-state index is 8.60. The molecule has 0 unspecified atom stereocenters. The van der Waals surface area contributed by atoms with Crippen LogP contribution in [0, 0.1) is 11.3 Å². The van der Waals surface area contributed by atoms with E-state index < -0.39 is 0 Å². The largest absolute Gasteiger partial charge is 0.193 e. The molecule has 0 heterocycles. The van der Waals surface area contributed by atoms with Crippen molar-refractivity contribution in [1.82, 2.24) is 0 Å². The molecule has 1 rings (SSSR count). The second kappa shape index (κ2) is 3.03. The van der Waals surface area contributed by atoms with Crippen LogP contribution in [0.1, 0.15) is 19.8 Å². The van der Waals surface area contributed by atoms with Crippen LogP contribution in [-0.2, 0) is 0 Å². The van der Waals surface area contributed by atoms with Gasteiger partial charge in [-0.1, -0.05) is 15.9 Å². The highest BCUT2D eigenvalue weighted by Crippen LogP contribution is 2.26. The molecule has 52 valence electrons. The number of nitrogens with zero attached hydrogens (tertiary/aromatic N) is 1. The summed E-state index contributed by atoms with van der Waals surface area (Å²) in [4.78, 5) is 0. The topological polar surface area (TPSA) is 23.8 Å². The third kappa shape index (κ3) is 1.48. The Hall–Kier alpha value is -0.550. The molecule has 0 bridgehead atoms. The average molecular weight is 198 g/mol. The van der Waals surface area contributed by atoms with Gasteiger partial charge in [-0.2, -0.15) is 5.26 Å². The molecule has 0 aromatic carbocycles. The minimum Gasteiger partial charge on any atom is -0.193 e. The molecule has 0 fully saturated rings. The van der Waals surface area contributed by atoms with Gasteiger partial charge in [0.15, 0.2) is 0 Å². The van der Waals surface area contributed by atoms with Crippen molar-refractivity contribution in [3.8, 4) is 6.07 Å². The van der Waals surface area contributed by atoms with Crippen molar-refractivity contribution < 1.29 is 0 Å². The molecule has 0 spiro atoms. The molecule has 0 N–H and O–H groups in total. The van der Waals surface area contributed by atoms with E-state index in [0.717, 1.165) is 24.0 Å². The number of hydrogen-bond acceptors (Lipinski definition) is 1. The molecular weight excluding hydrogens is 190 g/mol. The van der Waals surface area contributed by atoms with Crippen molar-refractivity contribution in [3.63, 3.8) is 0 Å². The van der Waals surface area contributed by atoms with Crippen LogP contribution in [0.15, 0.2) is 21.7 Å². The van der Waals surface area contributed by atoms with Crippen LogP contribution in [0.3, 0.4) is 0 Å². The van der Waals surface area contributed by atoms with Crippen LogP contribution in [0.25, 0.3) is 0 Å². The van der Waals surface area contributed by atoms with Crippen LogP contribution in [0.5, 0.6) is 0 Å². The SMILES string of the molecule is CC1=C(C#N)CCC(Br)=C1. The highest BCUT2D eigenvalue weighted by atomic mass is 79.9. The van der Waals surface area contributed by atoms with E-state index in [1.165, 1.54) is 4.48 Å². The molecule has 0 aliphatic heterocycles. The van der Waals surface area contributed by atoms with E-state index in [4.69, 9.17) is 5.26 Å². The molecule has 0 atom stereocenters. The van der Waals surface area contributed by atoms with Crippen LogP contribution < -0.4 is 0 Å². The summed E-state index contributed by atoms with van der Waals surface area (Å²) in [5.41, 5.74) is 2.02. The van der Waals surface area contributed by atoms with Gasteiger partial charge in [-0.3, -0.25) is 0 Å². The van der Waals surface area contributed by atoms with Gasteiger partial charge in [-0.05, 0) is 35.9 Å². The zero-order valence-corrected chi connectivity index (χ0v) is 7.40. The highest BCUT2D eigenvalue weighted by molar-refractivity contribution is 9.11. The lowest BCUT2D eigenvalue weighted by Crippen LogP contribution is -1.91. The number of rotatable bonds is 0. The van der Waals surface area contributed by atoms with Gasteiger partial charge in [0.1, 0.15) is 0 Å². The smallest absolute Gasteiger partial charge is 0.0949 e. The lowest BCUT2D eigenvalue weighted by molar-refractivity contribution is 0.963. The molecule has 2 heteroatoms. The van der Waals surface area contributed by atoms with Gasteiger partial charge in [-0.25, -0.2) is 0 Å². The van der Waals surface area contributed by atoms with E-state index >= 15 is 0 Å². The normalized spacial score (nSPS) is 18.3. The number of nitriles is 1. The van der Waals surface area contributed by atoms with Crippen molar-refractivity contribution in [1.29, 1.82) is 5.26 Å². The number of allylic oxidation sites excluding steroid dienone is 4. The summed E-state index contributed by atoms with van der Waals surface area (Å²) < 4.78 is 1.20. The molecule has 0 aromatic heterocycles. The van der Waals surface area contributed by atoms with Crippen molar-refractivity contribution in [2.45, 2.75) is 19.8 Å². The Morgan fingerprint density at radius 1 is 1.60 bits per heavy atom. The fraction of sp³-hybridized carbons (Fsp3) is 0.375. The maximum Gasteiger partial charge on any atom is 0.0949 e. The molecule has 0 aromatic rings. The first kappa shape index (κ1) is 7.56. The summed E-state index contributed by atoms with van der Waals surface area (Å²) in [7, 11) is 0. The maximum absolute atomic E-state index is 8.60. The molecular formula is C8H8BrN. The van der Waals surface area contributed by atoms with Crippen LogP contribution in [0.4, 0.5) is 0 Å². The summed E-state index contributed by atoms with van der Waals surface area (Å²) in [5, 5.41) is 8.60. The molecule has 0 saturated carbocycles. The third-order valence-corrected chi connectivity index (χ3v) is 2.22. The predicted octanol–water partition coefficient (Wildman–Crippen LogP) is 2.90. The van der Waals surface area contributed by atoms with E-state index in [2.05, 4.69) is 22.0 Å². The van der Waals surface area contributed by atoms with Gasteiger partial charge in [0.2, 0.25) is 0 Å². The third-order valence-electron chi connectivity index (χ3n) is 1.60. The lowest BCUT2D eigenvalue weighted by Gasteiger charge is -2.08. The van der Waals surface area contributed by atoms with E-state index in [1.54, 1.807) is 0 Å². The second-order valence-electron chi connectivity index (χ2n) is 2.36. The first-order valence-corrected chi connectivity index (χ1v) is 3.99. The number of hydrogen-bond donors (Lipinski definition) is 0. The zero-order valence-electron chi connectivity index (χ0n) is 5.82. The Balaban J connectivity index is 2.93. The quantitative estimate of drug-likeness (QED) is 0.587. The Bertz CT molecular complexity index is 242. The standard InChI is InChI=1S/C8H8BrN/c1-6-4-8(9)3-2-7(6)5-10/h4H,2-3H2,1H3. The van der Waals surface area contributed by atoms with Gasteiger partial charge in [-0.15, -0.1) is 0 Å². The fourth-order valence-electron chi connectivity index (χ4n) is 0.980. The minimum absolute atomic E-state index is 0.888. The van der Waals surface area contributed by atoms with E-state index in [9.17, 15) is 0 Å². The molecule has 1 aliphatic rings. The summed E-state index contributed by atoms with van der Waals surface area (Å²) in [6, 6.07) is 2.19. The van der Waals surface area contributed by atoms with Crippen molar-refractivity contribution in [3.05, 3.63) is 21.7 Å². The molecule has 0 saturated heterocycles. The Kier molecular flexibility index (Phi) is 2.29. The monoisotopic (exact) mass is 197 g/mol. The predicted molar refractivity (Wildman–Crippen MR) is 44.6 cm³/mol. The fourth-order valence-corrected chi connectivity index (χ4v) is 1.52. The molecule has 1 nitrogen and oxygen atoms in total. The van der Waals surface area contributed by atoms with Gasteiger partial charge in [0, 0.05) is 5.57 Å². The summed E-state index contributed by atoms with van der Waals surface area (Å²) >= 11 is 3.40. The lowest BCUT2D eigenvalue weighted by atomic mass is 10.0. The Morgan fingerprint density at radius 2 is 2.30 bits per heavy atom. The van der Waals surface area contributed by atoms with E-state index in [1.807, 2.05) is 13.0 Å². The average Bonchev–Trinajstić information content (AvgIpc) is 1.88. The molecule has 1 aliphatic carbocycles. The second-order valence-corrected chi connectivity index (χ2v) is 3.38. The van der Waals surface area contributed by atoms with Gasteiger partial charge in [0.25, 0.3) is 0 Å². The van der Waals surface area contributed by atoms with E-state index in [0.29, 0.717) is 0 Å². The molecule has 0 radical (unpaired) electrons. The van der Waals surface area contributed by atoms with Gasteiger partial charge < -0.3 is 0 Å². The minimum atomic E-state index is 0.888. The van der Waals surface area contributed by atoms with Crippen molar-refractivity contribution in [2.24, 2.45) is 0 Å². The highest BCUT2D eigenvalue weighted by Gasteiger charge is 2.07. The molecule has 0 amide bonds. The molecule has 10 heavy (non-hydrogen) atoms. The first-order chi connectivity index (χ1) is 4.74. The van der Waals surface area contributed by atoms with Gasteiger partial charge >= 0.3 is 0 Å². The summed E-state index contributed by atoms with van der Waals surface area (Å²) in [5.74, 6) is 0. The van der Waals surface area contributed by atoms with Crippen LogP contribution in [-0.4, -0.2) is 0 Å². The van der Waals surface area contributed by atoms with Gasteiger partial charge in [0.05, 0.1) is 6.07 Å². The Labute approximate surface area is 69.2 Å². The van der Waals surface area contributed by atoms with Crippen molar-refractivity contribution in [2.75, 3.05) is 0 Å². The Morgan fingerprint density at radius 3 is 2.80 bits per heavy atom. The van der Waals surface area contributed by atoms with Crippen LogP contribution in [0.2, 0.25) is 0 Å². The van der Waals surface area contributed by atoms with Crippen LogP contribution >= 0.6 is 15.9 Å². The summed E-state index contributed by atoms with van der Waals surface area (Å²) in [6.07, 6.45) is 3.88. The van der Waals surface area contributed by atoms with E-state index in [-0.39, 0.29) is 0 Å². The first-order valence-electron chi connectivity index (χ1n) is 3.20. The van der Waals surface area contributed by atoms with Crippen molar-refractivity contribution >= 4 is 15.9 Å².